The molecular formula is C12H9ClN2OS. The summed E-state index contributed by atoms with van der Waals surface area (Å²) in [5, 5.41) is 8.65. The van der Waals surface area contributed by atoms with E-state index in [0.717, 1.165) is 16.3 Å². The molecule has 0 saturated heterocycles. The molecule has 86 valence electrons. The Bertz CT molecular complexity index is 568. The molecule has 3 rings (SSSR count). The molecule has 0 spiro atoms. The molecule has 0 bridgehead atoms. The van der Waals surface area contributed by atoms with Gasteiger partial charge in [-0.1, -0.05) is 17.7 Å². The second-order valence-corrected chi connectivity index (χ2v) is 5.19. The Kier molecular flexibility index (Phi) is 2.53. The van der Waals surface area contributed by atoms with Gasteiger partial charge in [-0.05, 0) is 29.6 Å². The molecule has 0 aliphatic carbocycles. The number of thiophene rings is 1. The SMILES string of the molecule is O=C1Nc2cc(Cl)ccc2NC1c1cccs1. The van der Waals surface area contributed by atoms with Gasteiger partial charge < -0.3 is 10.6 Å². The monoisotopic (exact) mass is 264 g/mol. The molecule has 0 fully saturated rings. The standard InChI is InChI=1S/C12H9ClN2OS/c13-7-3-4-8-9(6-7)15-12(16)11(14-8)10-2-1-5-17-10/h1-6,11,14H,(H,15,16). The van der Waals surface area contributed by atoms with Crippen LogP contribution in [-0.4, -0.2) is 5.91 Å². The molecule has 1 unspecified atom stereocenters. The van der Waals surface area contributed by atoms with Crippen LogP contribution in [0, 0.1) is 0 Å². The average Bonchev–Trinajstić information content (AvgIpc) is 2.81. The molecular weight excluding hydrogens is 256 g/mol. The first-order valence-corrected chi connectivity index (χ1v) is 6.40. The van der Waals surface area contributed by atoms with Crippen LogP contribution in [0.2, 0.25) is 5.02 Å². The minimum atomic E-state index is -0.316. The van der Waals surface area contributed by atoms with Gasteiger partial charge in [0.25, 0.3) is 5.91 Å². The van der Waals surface area contributed by atoms with E-state index in [1.807, 2.05) is 23.6 Å². The molecule has 0 saturated carbocycles. The summed E-state index contributed by atoms with van der Waals surface area (Å²) in [6, 6.07) is 8.99. The number of benzene rings is 1. The Labute approximate surface area is 107 Å². The second-order valence-electron chi connectivity index (χ2n) is 3.77. The van der Waals surface area contributed by atoms with E-state index in [1.54, 1.807) is 23.5 Å². The Morgan fingerprint density at radius 3 is 2.88 bits per heavy atom. The number of anilines is 2. The summed E-state index contributed by atoms with van der Waals surface area (Å²) in [5.41, 5.74) is 1.63. The van der Waals surface area contributed by atoms with E-state index in [9.17, 15) is 4.79 Å². The number of fused-ring (bicyclic) bond motifs is 1. The van der Waals surface area contributed by atoms with Crippen LogP contribution in [-0.2, 0) is 4.79 Å². The van der Waals surface area contributed by atoms with Crippen molar-refractivity contribution in [2.75, 3.05) is 10.6 Å². The van der Waals surface area contributed by atoms with Crippen molar-refractivity contribution in [3.05, 3.63) is 45.6 Å². The number of carbonyl (C=O) groups is 1. The lowest BCUT2D eigenvalue weighted by Crippen LogP contribution is -2.31. The Morgan fingerprint density at radius 1 is 1.24 bits per heavy atom. The van der Waals surface area contributed by atoms with E-state index in [1.165, 1.54) is 0 Å². The van der Waals surface area contributed by atoms with E-state index >= 15 is 0 Å². The molecule has 1 amide bonds. The van der Waals surface area contributed by atoms with Crippen molar-refractivity contribution < 1.29 is 4.79 Å². The van der Waals surface area contributed by atoms with Crippen molar-refractivity contribution >= 4 is 40.2 Å². The summed E-state index contributed by atoms with van der Waals surface area (Å²) in [5.74, 6) is -0.0535. The van der Waals surface area contributed by atoms with Gasteiger partial charge in [0.1, 0.15) is 6.04 Å². The Hall–Kier alpha value is -1.52. The van der Waals surface area contributed by atoms with E-state index in [2.05, 4.69) is 10.6 Å². The molecule has 0 radical (unpaired) electrons. The molecule has 1 aliphatic heterocycles. The van der Waals surface area contributed by atoms with Crippen LogP contribution in [0.3, 0.4) is 0 Å². The zero-order valence-electron chi connectivity index (χ0n) is 8.74. The summed E-state index contributed by atoms with van der Waals surface area (Å²) < 4.78 is 0. The largest absolute Gasteiger partial charge is 0.368 e. The Balaban J connectivity index is 1.98. The lowest BCUT2D eigenvalue weighted by molar-refractivity contribution is -0.117. The van der Waals surface area contributed by atoms with Crippen LogP contribution in [0.15, 0.2) is 35.7 Å². The molecule has 5 heteroatoms. The molecule has 17 heavy (non-hydrogen) atoms. The highest BCUT2D eigenvalue weighted by molar-refractivity contribution is 7.10. The fraction of sp³-hybridized carbons (Fsp3) is 0.0833. The normalized spacial score (nSPS) is 18.2. The first-order valence-electron chi connectivity index (χ1n) is 5.14. The van der Waals surface area contributed by atoms with Gasteiger partial charge >= 0.3 is 0 Å². The number of rotatable bonds is 1. The predicted molar refractivity (Wildman–Crippen MR) is 70.8 cm³/mol. The topological polar surface area (TPSA) is 41.1 Å². The molecule has 2 N–H and O–H groups in total. The number of halogens is 1. The van der Waals surface area contributed by atoms with Crippen LogP contribution >= 0.6 is 22.9 Å². The van der Waals surface area contributed by atoms with Crippen molar-refractivity contribution in [1.29, 1.82) is 0 Å². The maximum absolute atomic E-state index is 12.0. The number of amides is 1. The van der Waals surface area contributed by atoms with Gasteiger partial charge in [0.05, 0.1) is 11.4 Å². The fourth-order valence-corrected chi connectivity index (χ4v) is 2.77. The van der Waals surface area contributed by atoms with Gasteiger partial charge in [0.15, 0.2) is 0 Å². The van der Waals surface area contributed by atoms with Gasteiger partial charge in [-0.3, -0.25) is 4.79 Å². The van der Waals surface area contributed by atoms with E-state index in [4.69, 9.17) is 11.6 Å². The van der Waals surface area contributed by atoms with Gasteiger partial charge in [0.2, 0.25) is 0 Å². The third-order valence-electron chi connectivity index (χ3n) is 2.63. The smallest absolute Gasteiger partial charge is 0.252 e. The highest BCUT2D eigenvalue weighted by Crippen LogP contribution is 2.35. The highest BCUT2D eigenvalue weighted by atomic mass is 35.5. The predicted octanol–water partition coefficient (Wildman–Crippen LogP) is 3.51. The summed E-state index contributed by atoms with van der Waals surface area (Å²) in [6.45, 7) is 0. The van der Waals surface area contributed by atoms with Crippen molar-refractivity contribution in [2.24, 2.45) is 0 Å². The molecule has 1 atom stereocenters. The maximum atomic E-state index is 12.0. The molecule has 1 aliphatic rings. The minimum absolute atomic E-state index is 0.0535. The van der Waals surface area contributed by atoms with Crippen LogP contribution in [0.5, 0.6) is 0 Å². The summed E-state index contributed by atoms with van der Waals surface area (Å²) in [6.07, 6.45) is 0. The fourth-order valence-electron chi connectivity index (χ4n) is 1.83. The zero-order chi connectivity index (χ0) is 11.8. The third-order valence-corrected chi connectivity index (χ3v) is 3.80. The third kappa shape index (κ3) is 1.90. The summed E-state index contributed by atoms with van der Waals surface area (Å²) >= 11 is 7.44. The molecule has 1 aromatic carbocycles. The maximum Gasteiger partial charge on any atom is 0.252 e. The number of hydrogen-bond donors (Lipinski definition) is 2. The van der Waals surface area contributed by atoms with Gasteiger partial charge in [-0.15, -0.1) is 11.3 Å². The van der Waals surface area contributed by atoms with Gasteiger partial charge in [-0.2, -0.15) is 0 Å². The molecule has 2 heterocycles. The molecule has 3 nitrogen and oxygen atoms in total. The lowest BCUT2D eigenvalue weighted by Gasteiger charge is -2.26. The van der Waals surface area contributed by atoms with Crippen molar-refractivity contribution in [1.82, 2.24) is 0 Å². The second kappa shape index (κ2) is 4.05. The number of nitrogens with one attached hydrogen (secondary N) is 2. The van der Waals surface area contributed by atoms with E-state index in [0.29, 0.717) is 5.02 Å². The van der Waals surface area contributed by atoms with Gasteiger partial charge in [-0.25, -0.2) is 0 Å². The van der Waals surface area contributed by atoms with E-state index in [-0.39, 0.29) is 11.9 Å². The number of carbonyl (C=O) groups excluding carboxylic acids is 1. The first kappa shape index (κ1) is 10.6. The van der Waals surface area contributed by atoms with Crippen molar-refractivity contribution in [3.8, 4) is 0 Å². The first-order chi connectivity index (χ1) is 8.24. The van der Waals surface area contributed by atoms with Crippen LogP contribution in [0.4, 0.5) is 11.4 Å². The summed E-state index contributed by atoms with van der Waals surface area (Å²) in [4.78, 5) is 13.0. The van der Waals surface area contributed by atoms with E-state index < -0.39 is 0 Å². The number of hydrogen-bond acceptors (Lipinski definition) is 3. The molecule has 2 aromatic rings. The van der Waals surface area contributed by atoms with Crippen molar-refractivity contribution in [3.63, 3.8) is 0 Å². The molecule has 1 aromatic heterocycles. The quantitative estimate of drug-likeness (QED) is 0.828. The highest BCUT2D eigenvalue weighted by Gasteiger charge is 2.27. The van der Waals surface area contributed by atoms with Crippen LogP contribution in [0.1, 0.15) is 10.9 Å². The summed E-state index contributed by atoms with van der Waals surface area (Å²) in [7, 11) is 0. The Morgan fingerprint density at radius 2 is 2.12 bits per heavy atom. The van der Waals surface area contributed by atoms with Gasteiger partial charge in [0, 0.05) is 9.90 Å². The average molecular weight is 265 g/mol. The van der Waals surface area contributed by atoms with Crippen LogP contribution < -0.4 is 10.6 Å². The van der Waals surface area contributed by atoms with Crippen LogP contribution in [0.25, 0.3) is 0 Å². The van der Waals surface area contributed by atoms with Crippen molar-refractivity contribution in [2.45, 2.75) is 6.04 Å². The lowest BCUT2D eigenvalue weighted by atomic mass is 10.1. The minimum Gasteiger partial charge on any atom is -0.368 e. The zero-order valence-corrected chi connectivity index (χ0v) is 10.3.